The van der Waals surface area contributed by atoms with Crippen molar-refractivity contribution in [3.05, 3.63) is 0 Å². The Bertz CT molecular complexity index is 196. The van der Waals surface area contributed by atoms with Crippen LogP contribution >= 0.6 is 0 Å². The van der Waals surface area contributed by atoms with Crippen molar-refractivity contribution >= 4 is 0 Å². The van der Waals surface area contributed by atoms with Gasteiger partial charge in [-0.3, -0.25) is 0 Å². The van der Waals surface area contributed by atoms with E-state index in [0.717, 1.165) is 12.5 Å². The number of hydrogen-bond acceptors (Lipinski definition) is 2. The van der Waals surface area contributed by atoms with E-state index in [4.69, 9.17) is 0 Å². The largest absolute Gasteiger partial charge is 0.306 e. The van der Waals surface area contributed by atoms with Crippen LogP contribution in [0.1, 0.15) is 54.4 Å². The fourth-order valence-corrected chi connectivity index (χ4v) is 2.44. The zero-order chi connectivity index (χ0) is 14.2. The highest BCUT2D eigenvalue weighted by molar-refractivity contribution is 4.69. The third-order valence-electron chi connectivity index (χ3n) is 3.48. The van der Waals surface area contributed by atoms with Crippen molar-refractivity contribution in [1.82, 2.24) is 9.80 Å². The predicted octanol–water partition coefficient (Wildman–Crippen LogP) is 3.72. The lowest BCUT2D eigenvalue weighted by Crippen LogP contribution is -2.33. The Morgan fingerprint density at radius 2 is 1.67 bits per heavy atom. The van der Waals surface area contributed by atoms with Gasteiger partial charge in [0, 0.05) is 13.1 Å². The number of rotatable bonds is 9. The van der Waals surface area contributed by atoms with E-state index in [1.54, 1.807) is 0 Å². The van der Waals surface area contributed by atoms with Gasteiger partial charge in [0.25, 0.3) is 0 Å². The molecule has 110 valence electrons. The van der Waals surface area contributed by atoms with Gasteiger partial charge in [-0.05, 0) is 50.9 Å². The molecule has 0 saturated heterocycles. The van der Waals surface area contributed by atoms with Gasteiger partial charge in [-0.2, -0.15) is 0 Å². The van der Waals surface area contributed by atoms with E-state index in [1.807, 2.05) is 0 Å². The molecule has 1 atom stereocenters. The first-order valence-corrected chi connectivity index (χ1v) is 7.69. The molecule has 0 aromatic heterocycles. The zero-order valence-corrected chi connectivity index (χ0v) is 13.9. The summed E-state index contributed by atoms with van der Waals surface area (Å²) in [6.45, 7) is 19.9. The molecule has 0 N–H and O–H groups in total. The third-order valence-corrected chi connectivity index (χ3v) is 3.48. The van der Waals surface area contributed by atoms with Crippen LogP contribution < -0.4 is 0 Å². The molecule has 0 aromatic rings. The second kappa shape index (κ2) is 8.92. The van der Waals surface area contributed by atoms with Crippen molar-refractivity contribution in [2.24, 2.45) is 11.3 Å². The number of nitrogens with zero attached hydrogens (tertiary/aromatic N) is 2. The van der Waals surface area contributed by atoms with Crippen LogP contribution in [0, 0.1) is 11.3 Å². The van der Waals surface area contributed by atoms with Crippen LogP contribution in [0.5, 0.6) is 0 Å². The van der Waals surface area contributed by atoms with E-state index in [-0.39, 0.29) is 0 Å². The monoisotopic (exact) mass is 256 g/mol. The molecule has 0 saturated carbocycles. The molecule has 0 rings (SSSR count). The molecule has 0 bridgehead atoms. The van der Waals surface area contributed by atoms with Crippen LogP contribution in [0.2, 0.25) is 0 Å². The smallest absolute Gasteiger partial charge is 0.00299 e. The molecular formula is C16H36N2. The predicted molar refractivity (Wildman–Crippen MR) is 83.1 cm³/mol. The molecule has 2 nitrogen and oxygen atoms in total. The van der Waals surface area contributed by atoms with E-state index in [0.29, 0.717) is 5.41 Å². The van der Waals surface area contributed by atoms with Gasteiger partial charge in [0.15, 0.2) is 0 Å². The summed E-state index contributed by atoms with van der Waals surface area (Å²) in [5.41, 5.74) is 0.421. The minimum atomic E-state index is 0.421. The summed E-state index contributed by atoms with van der Waals surface area (Å²) in [5, 5.41) is 0. The van der Waals surface area contributed by atoms with E-state index in [9.17, 15) is 0 Å². The summed E-state index contributed by atoms with van der Waals surface area (Å²) < 4.78 is 0. The molecule has 0 radical (unpaired) electrons. The highest BCUT2D eigenvalue weighted by Gasteiger charge is 2.15. The van der Waals surface area contributed by atoms with Crippen molar-refractivity contribution in [3.8, 4) is 0 Å². The topological polar surface area (TPSA) is 6.48 Å². The van der Waals surface area contributed by atoms with Crippen molar-refractivity contribution in [2.75, 3.05) is 39.8 Å². The molecule has 0 fully saturated rings. The first-order chi connectivity index (χ1) is 8.28. The molecule has 0 heterocycles. The SMILES string of the molecule is CCN(C)CC(C)CCCN(CC)CC(C)(C)C. The van der Waals surface area contributed by atoms with Crippen LogP contribution in [0.3, 0.4) is 0 Å². The highest BCUT2D eigenvalue weighted by atomic mass is 15.1. The van der Waals surface area contributed by atoms with Crippen molar-refractivity contribution in [1.29, 1.82) is 0 Å². The van der Waals surface area contributed by atoms with E-state index in [2.05, 4.69) is 58.4 Å². The average molecular weight is 256 g/mol. The van der Waals surface area contributed by atoms with Crippen molar-refractivity contribution < 1.29 is 0 Å². The normalized spacial score (nSPS) is 14.5. The molecule has 0 aliphatic carbocycles. The third kappa shape index (κ3) is 9.90. The molecule has 18 heavy (non-hydrogen) atoms. The first-order valence-electron chi connectivity index (χ1n) is 7.69. The van der Waals surface area contributed by atoms with Crippen LogP contribution in [0.25, 0.3) is 0 Å². The quantitative estimate of drug-likeness (QED) is 0.620. The van der Waals surface area contributed by atoms with Crippen LogP contribution in [-0.4, -0.2) is 49.6 Å². The van der Waals surface area contributed by atoms with Crippen molar-refractivity contribution in [3.63, 3.8) is 0 Å². The average Bonchev–Trinajstić information content (AvgIpc) is 2.25. The van der Waals surface area contributed by atoms with Gasteiger partial charge in [-0.15, -0.1) is 0 Å². The summed E-state index contributed by atoms with van der Waals surface area (Å²) in [4.78, 5) is 5.01. The van der Waals surface area contributed by atoms with Gasteiger partial charge < -0.3 is 9.80 Å². The maximum atomic E-state index is 2.59. The van der Waals surface area contributed by atoms with Crippen LogP contribution in [0.4, 0.5) is 0 Å². The van der Waals surface area contributed by atoms with Gasteiger partial charge >= 0.3 is 0 Å². The van der Waals surface area contributed by atoms with Gasteiger partial charge in [-0.1, -0.05) is 41.5 Å². The summed E-state index contributed by atoms with van der Waals surface area (Å²) in [6, 6.07) is 0. The fourth-order valence-electron chi connectivity index (χ4n) is 2.44. The summed E-state index contributed by atoms with van der Waals surface area (Å²) in [7, 11) is 2.22. The van der Waals surface area contributed by atoms with E-state index >= 15 is 0 Å². The Morgan fingerprint density at radius 1 is 1.06 bits per heavy atom. The van der Waals surface area contributed by atoms with E-state index < -0.39 is 0 Å². The van der Waals surface area contributed by atoms with Gasteiger partial charge in [0.1, 0.15) is 0 Å². The Balaban J connectivity index is 3.80. The summed E-state index contributed by atoms with van der Waals surface area (Å²) >= 11 is 0. The lowest BCUT2D eigenvalue weighted by molar-refractivity contribution is 0.190. The molecule has 0 aromatic carbocycles. The molecule has 0 amide bonds. The van der Waals surface area contributed by atoms with Crippen LogP contribution in [-0.2, 0) is 0 Å². The Kier molecular flexibility index (Phi) is 8.89. The summed E-state index contributed by atoms with van der Waals surface area (Å²) in [6.07, 6.45) is 2.69. The minimum Gasteiger partial charge on any atom is -0.306 e. The molecule has 0 spiro atoms. The van der Waals surface area contributed by atoms with Gasteiger partial charge in [0.05, 0.1) is 0 Å². The lowest BCUT2D eigenvalue weighted by Gasteiger charge is -2.29. The maximum Gasteiger partial charge on any atom is 0.00299 e. The zero-order valence-electron chi connectivity index (χ0n) is 13.9. The molecule has 2 heteroatoms. The van der Waals surface area contributed by atoms with Crippen LogP contribution in [0.15, 0.2) is 0 Å². The maximum absolute atomic E-state index is 2.59. The molecular weight excluding hydrogens is 220 g/mol. The number of hydrogen-bond donors (Lipinski definition) is 0. The molecule has 1 unspecified atom stereocenters. The first kappa shape index (κ1) is 17.9. The lowest BCUT2D eigenvalue weighted by atomic mass is 9.95. The second-order valence-electron chi connectivity index (χ2n) is 7.03. The summed E-state index contributed by atoms with van der Waals surface area (Å²) in [5.74, 6) is 0.822. The Labute approximate surface area is 116 Å². The van der Waals surface area contributed by atoms with Gasteiger partial charge in [0.2, 0.25) is 0 Å². The molecule has 0 aliphatic rings. The van der Waals surface area contributed by atoms with Crippen molar-refractivity contribution in [2.45, 2.75) is 54.4 Å². The van der Waals surface area contributed by atoms with E-state index in [1.165, 1.54) is 39.0 Å². The second-order valence-corrected chi connectivity index (χ2v) is 7.03. The standard InChI is InChI=1S/C16H36N2/c1-8-17(7)13-15(3)11-10-12-18(9-2)14-16(4,5)6/h15H,8-14H2,1-7H3. The van der Waals surface area contributed by atoms with Gasteiger partial charge in [-0.25, -0.2) is 0 Å². The Morgan fingerprint density at radius 3 is 2.11 bits per heavy atom. The minimum absolute atomic E-state index is 0.421. The fraction of sp³-hybridized carbons (Fsp3) is 1.00. The highest BCUT2D eigenvalue weighted by Crippen LogP contribution is 2.16. The Hall–Kier alpha value is -0.0800. The molecule has 0 aliphatic heterocycles.